The van der Waals surface area contributed by atoms with Gasteiger partial charge in [0, 0.05) is 19.6 Å². The maximum absolute atomic E-state index is 13.3. The number of fused-ring (bicyclic) bond motifs is 3. The fourth-order valence-corrected chi connectivity index (χ4v) is 5.63. The van der Waals surface area contributed by atoms with Crippen molar-refractivity contribution in [2.75, 3.05) is 20.1 Å². The van der Waals surface area contributed by atoms with E-state index in [0.717, 1.165) is 23.6 Å². The molecule has 2 aliphatic heterocycles. The normalized spacial score (nSPS) is 20.7. The number of benzene rings is 1. The molecule has 3 heterocycles. The molecule has 1 aromatic carbocycles. The number of piperidine rings is 1. The molecular weight excluding hydrogens is 406 g/mol. The largest absolute Gasteiger partial charge is 0.358 e. The zero-order valence-electron chi connectivity index (χ0n) is 17.0. The molecule has 10 heteroatoms. The number of imidazole rings is 1. The number of amides is 2. The minimum atomic E-state index is -3.94. The summed E-state index contributed by atoms with van der Waals surface area (Å²) in [5.74, 6) is -0.630. The Bertz CT molecular complexity index is 1090. The Morgan fingerprint density at radius 2 is 2.00 bits per heavy atom. The Morgan fingerprint density at radius 1 is 1.23 bits per heavy atom. The number of nitrogens with zero attached hydrogens (tertiary/aromatic N) is 4. The second-order valence-electron chi connectivity index (χ2n) is 7.67. The highest BCUT2D eigenvalue weighted by Crippen LogP contribution is 2.32. The lowest BCUT2D eigenvalue weighted by Crippen LogP contribution is -2.43. The molecule has 0 radical (unpaired) electrons. The fourth-order valence-electron chi connectivity index (χ4n) is 4.09. The molecule has 2 aliphatic rings. The van der Waals surface area contributed by atoms with Gasteiger partial charge in [0.2, 0.25) is 15.9 Å². The first-order valence-electron chi connectivity index (χ1n) is 10.0. The number of para-hydroxylation sites is 1. The molecule has 30 heavy (non-hydrogen) atoms. The van der Waals surface area contributed by atoms with Crippen molar-refractivity contribution >= 4 is 21.8 Å². The van der Waals surface area contributed by atoms with Gasteiger partial charge in [-0.05, 0) is 38.3 Å². The lowest BCUT2D eigenvalue weighted by atomic mass is 10.0. The van der Waals surface area contributed by atoms with Crippen molar-refractivity contribution in [3.8, 4) is 5.69 Å². The monoisotopic (exact) mass is 431 g/mol. The van der Waals surface area contributed by atoms with Crippen molar-refractivity contribution in [2.24, 2.45) is 0 Å². The first kappa shape index (κ1) is 20.5. The number of aromatic nitrogens is 2. The standard InChI is InChI=1S/C20H25N5O4S/c1-14-7-5-6-10-24(14)20(27)19-16-11-23(12-18(26)21-2)30(28,29)17-9-4-3-8-15(17)25(16)13-22-19/h3-4,8-9,13-14H,5-7,10-12H2,1-2H3,(H,21,26). The molecule has 160 valence electrons. The topological polar surface area (TPSA) is 105 Å². The molecule has 1 aromatic heterocycles. The molecule has 1 atom stereocenters. The average molecular weight is 432 g/mol. The Labute approximate surface area is 175 Å². The van der Waals surface area contributed by atoms with Gasteiger partial charge in [-0.1, -0.05) is 12.1 Å². The third-order valence-corrected chi connectivity index (χ3v) is 7.64. The van der Waals surface area contributed by atoms with Gasteiger partial charge in [0.25, 0.3) is 5.91 Å². The van der Waals surface area contributed by atoms with Gasteiger partial charge in [-0.25, -0.2) is 13.4 Å². The summed E-state index contributed by atoms with van der Waals surface area (Å²) in [6.45, 7) is 2.21. The molecule has 9 nitrogen and oxygen atoms in total. The van der Waals surface area contributed by atoms with Crippen LogP contribution < -0.4 is 5.32 Å². The maximum atomic E-state index is 13.3. The van der Waals surface area contributed by atoms with E-state index in [1.807, 2.05) is 6.92 Å². The summed E-state index contributed by atoms with van der Waals surface area (Å²) in [6, 6.07) is 6.66. The van der Waals surface area contributed by atoms with Gasteiger partial charge in [0.15, 0.2) is 5.69 Å². The van der Waals surface area contributed by atoms with Crippen LogP contribution in [-0.2, 0) is 21.4 Å². The second-order valence-corrected chi connectivity index (χ2v) is 9.57. The molecule has 0 aliphatic carbocycles. The van der Waals surface area contributed by atoms with Crippen molar-refractivity contribution in [2.45, 2.75) is 43.7 Å². The van der Waals surface area contributed by atoms with Crippen molar-refractivity contribution in [3.63, 3.8) is 0 Å². The fraction of sp³-hybridized carbons (Fsp3) is 0.450. The lowest BCUT2D eigenvalue weighted by Gasteiger charge is -2.33. The van der Waals surface area contributed by atoms with Crippen LogP contribution in [0.25, 0.3) is 5.69 Å². The van der Waals surface area contributed by atoms with Crippen molar-refractivity contribution in [1.29, 1.82) is 0 Å². The highest BCUT2D eigenvalue weighted by atomic mass is 32.2. The number of likely N-dealkylation sites (tertiary alicyclic amines) is 1. The molecular formula is C20H25N5O4S. The summed E-state index contributed by atoms with van der Waals surface area (Å²) < 4.78 is 29.3. The van der Waals surface area contributed by atoms with E-state index in [4.69, 9.17) is 0 Å². The second kappa shape index (κ2) is 7.84. The molecule has 1 N–H and O–H groups in total. The van der Waals surface area contributed by atoms with Gasteiger partial charge < -0.3 is 10.2 Å². The summed E-state index contributed by atoms with van der Waals surface area (Å²) in [5, 5.41) is 2.46. The van der Waals surface area contributed by atoms with Crippen LogP contribution in [-0.4, -0.2) is 65.2 Å². The van der Waals surface area contributed by atoms with Crippen LogP contribution in [0.3, 0.4) is 0 Å². The Balaban J connectivity index is 1.83. The van der Waals surface area contributed by atoms with E-state index in [9.17, 15) is 18.0 Å². The van der Waals surface area contributed by atoms with Crippen LogP contribution in [0, 0.1) is 0 Å². The van der Waals surface area contributed by atoms with Gasteiger partial charge in [0.1, 0.15) is 11.2 Å². The van der Waals surface area contributed by atoms with Crippen LogP contribution in [0.5, 0.6) is 0 Å². The van der Waals surface area contributed by atoms with Crippen molar-refractivity contribution in [1.82, 2.24) is 24.1 Å². The minimum absolute atomic E-state index is 0.0791. The van der Waals surface area contributed by atoms with Crippen LogP contribution in [0.15, 0.2) is 35.5 Å². The molecule has 0 bridgehead atoms. The summed E-state index contributed by atoms with van der Waals surface area (Å²) in [4.78, 5) is 31.6. The van der Waals surface area contributed by atoms with Crippen molar-refractivity contribution in [3.05, 3.63) is 42.0 Å². The van der Waals surface area contributed by atoms with Crippen LogP contribution in [0.4, 0.5) is 0 Å². The number of likely N-dealkylation sites (N-methyl/N-ethyl adjacent to an activating group) is 1. The SMILES string of the molecule is CNC(=O)CN1Cc2c(C(=O)N3CCCCC3C)ncn2-c2ccccc2S1(=O)=O. The highest BCUT2D eigenvalue weighted by Gasteiger charge is 2.37. The van der Waals surface area contributed by atoms with E-state index in [1.54, 1.807) is 27.7 Å². The molecule has 4 rings (SSSR count). The van der Waals surface area contributed by atoms with E-state index in [0.29, 0.717) is 17.9 Å². The summed E-state index contributed by atoms with van der Waals surface area (Å²) in [5.41, 5.74) is 1.12. The molecule has 1 fully saturated rings. The zero-order valence-corrected chi connectivity index (χ0v) is 17.9. The number of hydrogen-bond donors (Lipinski definition) is 1. The van der Waals surface area contributed by atoms with Crippen molar-refractivity contribution < 1.29 is 18.0 Å². The average Bonchev–Trinajstić information content (AvgIpc) is 3.13. The first-order chi connectivity index (χ1) is 14.3. The number of rotatable bonds is 3. The van der Waals surface area contributed by atoms with Crippen LogP contribution >= 0.6 is 0 Å². The quantitative estimate of drug-likeness (QED) is 0.785. The number of hydrogen-bond acceptors (Lipinski definition) is 5. The Hall–Kier alpha value is -2.72. The third kappa shape index (κ3) is 3.39. The highest BCUT2D eigenvalue weighted by molar-refractivity contribution is 7.89. The van der Waals surface area contributed by atoms with E-state index >= 15 is 0 Å². The summed E-state index contributed by atoms with van der Waals surface area (Å²) in [7, 11) is -2.49. The van der Waals surface area contributed by atoms with Gasteiger partial charge in [0.05, 0.1) is 24.5 Å². The Morgan fingerprint density at radius 3 is 2.73 bits per heavy atom. The number of carbonyl (C=O) groups is 2. The third-order valence-electron chi connectivity index (χ3n) is 5.80. The van der Waals surface area contributed by atoms with Crippen LogP contribution in [0.1, 0.15) is 42.4 Å². The van der Waals surface area contributed by atoms with Gasteiger partial charge in [-0.3, -0.25) is 14.2 Å². The van der Waals surface area contributed by atoms with Gasteiger partial charge in [-0.15, -0.1) is 0 Å². The first-order valence-corrected chi connectivity index (χ1v) is 11.5. The molecule has 0 saturated carbocycles. The smallest absolute Gasteiger partial charge is 0.274 e. The van der Waals surface area contributed by atoms with E-state index in [-0.39, 0.29) is 35.6 Å². The molecule has 1 saturated heterocycles. The molecule has 0 spiro atoms. The number of sulfonamides is 1. The van der Waals surface area contributed by atoms with E-state index in [1.165, 1.54) is 19.4 Å². The molecule has 1 unspecified atom stereocenters. The predicted molar refractivity (Wildman–Crippen MR) is 110 cm³/mol. The van der Waals surface area contributed by atoms with Gasteiger partial charge in [-0.2, -0.15) is 4.31 Å². The maximum Gasteiger partial charge on any atom is 0.274 e. The molecule has 2 aromatic rings. The zero-order chi connectivity index (χ0) is 21.5. The number of nitrogens with one attached hydrogen (secondary N) is 1. The van der Waals surface area contributed by atoms with E-state index < -0.39 is 15.9 Å². The van der Waals surface area contributed by atoms with E-state index in [2.05, 4.69) is 10.3 Å². The predicted octanol–water partition coefficient (Wildman–Crippen LogP) is 1.14. The number of carbonyl (C=O) groups excluding carboxylic acids is 2. The summed E-state index contributed by atoms with van der Waals surface area (Å²) in [6.07, 6.45) is 4.45. The molecule has 2 amide bonds. The summed E-state index contributed by atoms with van der Waals surface area (Å²) >= 11 is 0. The minimum Gasteiger partial charge on any atom is -0.358 e. The van der Waals surface area contributed by atoms with Crippen LogP contribution in [0.2, 0.25) is 0 Å². The van der Waals surface area contributed by atoms with Gasteiger partial charge >= 0.3 is 0 Å². The Kier molecular flexibility index (Phi) is 5.37. The lowest BCUT2D eigenvalue weighted by molar-refractivity contribution is -0.120.